The van der Waals surface area contributed by atoms with Gasteiger partial charge in [-0.3, -0.25) is 4.98 Å². The first-order chi connectivity index (χ1) is 7.58. The van der Waals surface area contributed by atoms with E-state index in [9.17, 15) is 8.42 Å². The van der Waals surface area contributed by atoms with Crippen LogP contribution in [0, 0.1) is 0 Å². The quantitative estimate of drug-likeness (QED) is 0.736. The molecule has 0 aliphatic rings. The molecule has 0 aliphatic carbocycles. The van der Waals surface area contributed by atoms with Crippen LogP contribution in [0.5, 0.6) is 0 Å². The summed E-state index contributed by atoms with van der Waals surface area (Å²) >= 11 is 1.68. The highest BCUT2D eigenvalue weighted by molar-refractivity contribution is 7.98. The van der Waals surface area contributed by atoms with Gasteiger partial charge in [-0.1, -0.05) is 0 Å². The van der Waals surface area contributed by atoms with Gasteiger partial charge in [0.15, 0.2) is 0 Å². The first-order valence-electron chi connectivity index (χ1n) is 4.76. The summed E-state index contributed by atoms with van der Waals surface area (Å²) in [6, 6.07) is 1.47. The number of nitrogen functional groups attached to an aromatic ring is 1. The molecule has 0 saturated carbocycles. The molecule has 0 saturated heterocycles. The van der Waals surface area contributed by atoms with Gasteiger partial charge in [-0.15, -0.1) is 0 Å². The van der Waals surface area contributed by atoms with E-state index in [1.807, 2.05) is 6.26 Å². The van der Waals surface area contributed by atoms with E-state index in [0.29, 0.717) is 6.54 Å². The summed E-state index contributed by atoms with van der Waals surface area (Å²) in [6.45, 7) is 0.414. The number of pyridine rings is 1. The van der Waals surface area contributed by atoms with Gasteiger partial charge < -0.3 is 5.73 Å². The van der Waals surface area contributed by atoms with Crippen LogP contribution in [0.15, 0.2) is 23.4 Å². The van der Waals surface area contributed by atoms with Crippen molar-refractivity contribution in [2.45, 2.75) is 11.3 Å². The Hall–Kier alpha value is -0.790. The molecule has 0 aliphatic heterocycles. The van der Waals surface area contributed by atoms with E-state index in [4.69, 9.17) is 5.73 Å². The average molecular weight is 261 g/mol. The van der Waals surface area contributed by atoms with Crippen LogP contribution in [0.3, 0.4) is 0 Å². The van der Waals surface area contributed by atoms with Gasteiger partial charge in [-0.05, 0) is 24.5 Å². The molecule has 0 spiro atoms. The number of thioether (sulfide) groups is 1. The lowest BCUT2D eigenvalue weighted by Crippen LogP contribution is -2.26. The third-order valence-electron chi connectivity index (χ3n) is 1.92. The molecule has 16 heavy (non-hydrogen) atoms. The Kier molecular flexibility index (Phi) is 5.04. The number of rotatable bonds is 6. The fourth-order valence-corrected chi connectivity index (χ4v) is 2.70. The predicted molar refractivity (Wildman–Crippen MR) is 66.8 cm³/mol. The number of hydrogen-bond acceptors (Lipinski definition) is 5. The predicted octanol–water partition coefficient (Wildman–Crippen LogP) is 0.695. The molecule has 5 nitrogen and oxygen atoms in total. The standard InChI is InChI=1S/C9H15N3O2S2/c1-15-6-2-4-12-16(13,14)9-7-11-5-3-8(9)10/h3,5,7,12H,2,4,6H2,1H3,(H2,10,11). The molecule has 90 valence electrons. The average Bonchev–Trinajstić information content (AvgIpc) is 2.25. The fourth-order valence-electron chi connectivity index (χ4n) is 1.12. The molecule has 0 unspecified atom stereocenters. The minimum atomic E-state index is -3.52. The topological polar surface area (TPSA) is 85.1 Å². The van der Waals surface area contributed by atoms with Crippen molar-refractivity contribution in [2.75, 3.05) is 24.3 Å². The smallest absolute Gasteiger partial charge is 0.244 e. The third-order valence-corrected chi connectivity index (χ3v) is 4.12. The number of hydrogen-bond donors (Lipinski definition) is 2. The number of nitrogens with one attached hydrogen (secondary N) is 1. The van der Waals surface area contributed by atoms with Gasteiger partial charge in [0.1, 0.15) is 4.90 Å². The summed E-state index contributed by atoms with van der Waals surface area (Å²) in [5.74, 6) is 0.922. The van der Waals surface area contributed by atoms with E-state index in [0.717, 1.165) is 12.2 Å². The van der Waals surface area contributed by atoms with Gasteiger partial charge in [-0.2, -0.15) is 11.8 Å². The molecular formula is C9H15N3O2S2. The molecule has 1 heterocycles. The zero-order chi connectivity index (χ0) is 12.0. The molecular weight excluding hydrogens is 246 g/mol. The van der Waals surface area contributed by atoms with E-state index in [-0.39, 0.29) is 10.6 Å². The molecule has 1 rings (SSSR count). The number of nitrogens with zero attached hydrogens (tertiary/aromatic N) is 1. The molecule has 1 aromatic rings. The van der Waals surface area contributed by atoms with Crippen LogP contribution in [-0.2, 0) is 10.0 Å². The Labute approximate surface area is 99.9 Å². The van der Waals surface area contributed by atoms with Gasteiger partial charge in [0.25, 0.3) is 0 Å². The van der Waals surface area contributed by atoms with Crippen molar-refractivity contribution in [3.05, 3.63) is 18.5 Å². The highest BCUT2D eigenvalue weighted by atomic mass is 32.2. The number of aromatic nitrogens is 1. The van der Waals surface area contributed by atoms with Crippen molar-refractivity contribution in [1.29, 1.82) is 0 Å². The number of sulfonamides is 1. The third kappa shape index (κ3) is 3.66. The lowest BCUT2D eigenvalue weighted by Gasteiger charge is -2.07. The summed E-state index contributed by atoms with van der Waals surface area (Å²) < 4.78 is 26.0. The Morgan fingerprint density at radius 2 is 2.31 bits per heavy atom. The lowest BCUT2D eigenvalue weighted by molar-refractivity contribution is 0.581. The maximum absolute atomic E-state index is 11.8. The van der Waals surface area contributed by atoms with Crippen LogP contribution < -0.4 is 10.5 Å². The number of anilines is 1. The van der Waals surface area contributed by atoms with Crippen LogP contribution in [0.1, 0.15) is 6.42 Å². The van der Waals surface area contributed by atoms with Crippen LogP contribution in [0.2, 0.25) is 0 Å². The Morgan fingerprint density at radius 3 is 2.94 bits per heavy atom. The molecule has 0 fully saturated rings. The molecule has 0 aromatic carbocycles. The van der Waals surface area contributed by atoms with E-state index >= 15 is 0 Å². The maximum atomic E-state index is 11.8. The normalized spacial score (nSPS) is 11.6. The van der Waals surface area contributed by atoms with Crippen LogP contribution in [0.25, 0.3) is 0 Å². The van der Waals surface area contributed by atoms with Gasteiger partial charge in [0, 0.05) is 18.9 Å². The molecule has 3 N–H and O–H groups in total. The van der Waals surface area contributed by atoms with E-state index in [1.165, 1.54) is 18.5 Å². The lowest BCUT2D eigenvalue weighted by atomic mass is 10.4. The van der Waals surface area contributed by atoms with Gasteiger partial charge in [-0.25, -0.2) is 13.1 Å². The van der Waals surface area contributed by atoms with Crippen molar-refractivity contribution < 1.29 is 8.42 Å². The van der Waals surface area contributed by atoms with Gasteiger partial charge in [0.05, 0.1) is 5.69 Å². The molecule has 1 aromatic heterocycles. The summed E-state index contributed by atoms with van der Waals surface area (Å²) in [6.07, 6.45) is 5.49. The molecule has 0 atom stereocenters. The zero-order valence-electron chi connectivity index (χ0n) is 9.01. The van der Waals surface area contributed by atoms with Crippen LogP contribution >= 0.6 is 11.8 Å². The minimum Gasteiger partial charge on any atom is -0.398 e. The van der Waals surface area contributed by atoms with Crippen molar-refractivity contribution in [3.8, 4) is 0 Å². The van der Waals surface area contributed by atoms with Crippen molar-refractivity contribution >= 4 is 27.5 Å². The zero-order valence-corrected chi connectivity index (χ0v) is 10.6. The van der Waals surface area contributed by atoms with Gasteiger partial charge in [0.2, 0.25) is 10.0 Å². The summed E-state index contributed by atoms with van der Waals surface area (Å²) in [7, 11) is -3.52. The molecule has 0 amide bonds. The highest BCUT2D eigenvalue weighted by Gasteiger charge is 2.16. The van der Waals surface area contributed by atoms with E-state index in [2.05, 4.69) is 9.71 Å². The second-order valence-electron chi connectivity index (χ2n) is 3.16. The Morgan fingerprint density at radius 1 is 1.56 bits per heavy atom. The summed E-state index contributed by atoms with van der Waals surface area (Å²) in [5, 5.41) is 0. The van der Waals surface area contributed by atoms with E-state index < -0.39 is 10.0 Å². The van der Waals surface area contributed by atoms with Crippen LogP contribution in [-0.4, -0.2) is 32.0 Å². The fraction of sp³-hybridized carbons (Fsp3) is 0.444. The summed E-state index contributed by atoms with van der Waals surface area (Å²) in [5.41, 5.74) is 5.79. The molecule has 0 bridgehead atoms. The maximum Gasteiger partial charge on any atom is 0.244 e. The first kappa shape index (κ1) is 13.3. The monoisotopic (exact) mass is 261 g/mol. The second kappa shape index (κ2) is 6.07. The SMILES string of the molecule is CSCCCNS(=O)(=O)c1cnccc1N. The highest BCUT2D eigenvalue weighted by Crippen LogP contribution is 2.15. The molecule has 0 radical (unpaired) electrons. The number of nitrogens with two attached hydrogens (primary N) is 1. The second-order valence-corrected chi connectivity index (χ2v) is 5.88. The van der Waals surface area contributed by atoms with Gasteiger partial charge >= 0.3 is 0 Å². The van der Waals surface area contributed by atoms with Crippen molar-refractivity contribution in [1.82, 2.24) is 9.71 Å². The Bertz CT molecular complexity index is 434. The van der Waals surface area contributed by atoms with Crippen molar-refractivity contribution in [3.63, 3.8) is 0 Å². The largest absolute Gasteiger partial charge is 0.398 e. The van der Waals surface area contributed by atoms with Crippen LogP contribution in [0.4, 0.5) is 5.69 Å². The first-order valence-corrected chi connectivity index (χ1v) is 7.63. The Balaban J connectivity index is 2.68. The van der Waals surface area contributed by atoms with Crippen molar-refractivity contribution in [2.24, 2.45) is 0 Å². The van der Waals surface area contributed by atoms with E-state index in [1.54, 1.807) is 11.8 Å². The summed E-state index contributed by atoms with van der Waals surface area (Å²) in [4.78, 5) is 3.79. The molecule has 7 heteroatoms. The minimum absolute atomic E-state index is 0.0409.